The lowest BCUT2D eigenvalue weighted by Crippen LogP contribution is -2.52. The van der Waals surface area contributed by atoms with E-state index >= 15 is 0 Å². The number of thiophene rings is 1. The zero-order valence-electron chi connectivity index (χ0n) is 23.6. The number of imide groups is 1. The molecule has 3 N–H and O–H groups in total. The van der Waals surface area contributed by atoms with Crippen LogP contribution >= 0.6 is 22.9 Å². The van der Waals surface area contributed by atoms with Gasteiger partial charge in [-0.1, -0.05) is 23.7 Å². The monoisotopic (exact) mass is 609 g/mol. The van der Waals surface area contributed by atoms with E-state index in [1.54, 1.807) is 11.3 Å². The highest BCUT2D eigenvalue weighted by Gasteiger charge is 2.32. The Balaban J connectivity index is 1.24. The molecule has 1 aromatic carbocycles. The molecule has 2 aliphatic heterocycles. The van der Waals surface area contributed by atoms with E-state index in [1.165, 1.54) is 4.88 Å². The third-order valence-corrected chi connectivity index (χ3v) is 8.91. The van der Waals surface area contributed by atoms with E-state index in [-0.39, 0.29) is 37.0 Å². The number of nitrogens with one attached hydrogen (secondary N) is 3. The predicted molar refractivity (Wildman–Crippen MR) is 159 cm³/mol. The number of piperidine rings is 1. The smallest absolute Gasteiger partial charge is 0.249 e. The van der Waals surface area contributed by atoms with Gasteiger partial charge in [0.15, 0.2) is 5.82 Å². The summed E-state index contributed by atoms with van der Waals surface area (Å²) in [5.74, 6) is 0.0937. The Morgan fingerprint density at radius 3 is 2.60 bits per heavy atom. The second-order valence-corrected chi connectivity index (χ2v) is 12.1. The van der Waals surface area contributed by atoms with E-state index in [0.29, 0.717) is 36.7 Å². The van der Waals surface area contributed by atoms with Crippen LogP contribution in [0.25, 0.3) is 5.00 Å². The largest absolute Gasteiger partial charge is 0.356 e. The molecule has 1 fully saturated rings. The number of unbranched alkanes of at least 4 members (excludes halogenated alkanes) is 1. The molecule has 0 spiro atoms. The van der Waals surface area contributed by atoms with Gasteiger partial charge in [0.05, 0.1) is 12.1 Å². The summed E-state index contributed by atoms with van der Waals surface area (Å²) in [5.41, 5.74) is 3.81. The quantitative estimate of drug-likeness (QED) is 0.250. The Bertz CT molecular complexity index is 1580. The van der Waals surface area contributed by atoms with Gasteiger partial charge in [-0.3, -0.25) is 34.1 Å². The lowest BCUT2D eigenvalue weighted by atomic mass is 9.99. The maximum Gasteiger partial charge on any atom is 0.249 e. The lowest BCUT2D eigenvalue weighted by molar-refractivity contribution is -0.137. The summed E-state index contributed by atoms with van der Waals surface area (Å²) in [7, 11) is 0. The summed E-state index contributed by atoms with van der Waals surface area (Å²) in [6.07, 6.45) is 1.93. The fraction of sp³-hybridized carbons (Fsp3) is 0.414. The first-order chi connectivity index (χ1) is 20.1. The molecule has 0 saturated carbocycles. The van der Waals surface area contributed by atoms with Gasteiger partial charge in [0.1, 0.15) is 22.9 Å². The van der Waals surface area contributed by atoms with Crippen LogP contribution in [0.1, 0.15) is 77.8 Å². The first-order valence-electron chi connectivity index (χ1n) is 13.9. The topological polar surface area (TPSA) is 147 Å². The van der Waals surface area contributed by atoms with Crippen LogP contribution in [-0.2, 0) is 19.2 Å². The van der Waals surface area contributed by atoms with Gasteiger partial charge < -0.3 is 10.6 Å². The maximum atomic E-state index is 13.1. The fourth-order valence-corrected chi connectivity index (χ4v) is 6.46. The Morgan fingerprint density at radius 1 is 1.10 bits per heavy atom. The van der Waals surface area contributed by atoms with Crippen LogP contribution in [0.2, 0.25) is 5.02 Å². The number of carbonyl (C=O) groups is 4. The molecule has 4 heterocycles. The molecule has 2 aromatic heterocycles. The predicted octanol–water partition coefficient (Wildman–Crippen LogP) is 3.40. The second kappa shape index (κ2) is 12.5. The number of aromatic nitrogens is 3. The van der Waals surface area contributed by atoms with Gasteiger partial charge in [-0.05, 0) is 57.7 Å². The van der Waals surface area contributed by atoms with Crippen molar-refractivity contribution < 1.29 is 19.2 Å². The minimum Gasteiger partial charge on any atom is -0.356 e. The number of aliphatic imine (C=N–C) groups is 1. The van der Waals surface area contributed by atoms with Crippen LogP contribution < -0.4 is 16.0 Å². The summed E-state index contributed by atoms with van der Waals surface area (Å²) in [6.45, 7) is 6.44. The zero-order chi connectivity index (χ0) is 30.0. The molecule has 1 unspecified atom stereocenters. The number of rotatable bonds is 9. The first-order valence-corrected chi connectivity index (χ1v) is 15.1. The zero-order valence-corrected chi connectivity index (χ0v) is 25.2. The molecule has 3 aromatic rings. The molecular weight excluding hydrogens is 578 g/mol. The standard InChI is InChI=1S/C29H32ClN7O4S/c1-15-16(2)42-29-25(15)26(18-7-9-19(30)10-8-18)33-21(27-36-35-17(3)37(27)29)14-24(40)31-13-5-4-6-22(38)32-20-11-12-23(39)34-28(20)41/h7-10,20-21H,4-6,11-14H2,1-3H3,(H,31,40)(H,32,38)(H,34,39,41)/t20?,21-/m1/s1. The van der Waals surface area contributed by atoms with Crippen molar-refractivity contribution in [1.29, 1.82) is 0 Å². The summed E-state index contributed by atoms with van der Waals surface area (Å²) >= 11 is 7.82. The number of nitrogens with zero attached hydrogens (tertiary/aromatic N) is 4. The summed E-state index contributed by atoms with van der Waals surface area (Å²) in [4.78, 5) is 54.7. The second-order valence-electron chi connectivity index (χ2n) is 10.5. The first kappa shape index (κ1) is 29.6. The summed E-state index contributed by atoms with van der Waals surface area (Å²) in [5, 5.41) is 18.2. The van der Waals surface area contributed by atoms with E-state index in [2.05, 4.69) is 40.0 Å². The van der Waals surface area contributed by atoms with Crippen LogP contribution in [-0.4, -0.2) is 56.7 Å². The molecule has 4 amide bonds. The molecule has 5 rings (SSSR count). The van der Waals surface area contributed by atoms with Crippen molar-refractivity contribution in [3.63, 3.8) is 0 Å². The Labute approximate surface area is 252 Å². The fourth-order valence-electron chi connectivity index (χ4n) is 5.12. The normalized spacial score (nSPS) is 18.0. The van der Waals surface area contributed by atoms with Crippen molar-refractivity contribution in [1.82, 2.24) is 30.7 Å². The molecular formula is C29H32ClN7O4S. The van der Waals surface area contributed by atoms with Crippen LogP contribution in [0.5, 0.6) is 0 Å². The highest BCUT2D eigenvalue weighted by molar-refractivity contribution is 7.15. The number of amides is 4. The van der Waals surface area contributed by atoms with Gasteiger partial charge in [0, 0.05) is 40.4 Å². The highest BCUT2D eigenvalue weighted by atomic mass is 35.5. The number of aryl methyl sites for hydroxylation is 2. The molecule has 1 saturated heterocycles. The number of carbonyl (C=O) groups excluding carboxylic acids is 4. The molecule has 0 aliphatic carbocycles. The number of halogens is 1. The molecule has 13 heteroatoms. The maximum absolute atomic E-state index is 13.1. The van der Waals surface area contributed by atoms with Crippen LogP contribution in [0.4, 0.5) is 0 Å². The van der Waals surface area contributed by atoms with E-state index in [4.69, 9.17) is 16.6 Å². The average molecular weight is 610 g/mol. The van der Waals surface area contributed by atoms with Crippen molar-refractivity contribution in [2.24, 2.45) is 4.99 Å². The minimum absolute atomic E-state index is 0.0815. The van der Waals surface area contributed by atoms with Gasteiger partial charge >= 0.3 is 0 Å². The van der Waals surface area contributed by atoms with Gasteiger partial charge in [-0.15, -0.1) is 21.5 Å². The minimum atomic E-state index is -0.684. The summed E-state index contributed by atoms with van der Waals surface area (Å²) < 4.78 is 2.01. The van der Waals surface area contributed by atoms with E-state index < -0.39 is 18.0 Å². The Hall–Kier alpha value is -3.90. The van der Waals surface area contributed by atoms with Gasteiger partial charge in [-0.25, -0.2) is 0 Å². The van der Waals surface area contributed by atoms with Gasteiger partial charge in [0.2, 0.25) is 23.6 Å². The third-order valence-electron chi connectivity index (χ3n) is 7.46. The molecule has 220 valence electrons. The number of fused-ring (bicyclic) bond motifs is 3. The molecule has 11 nitrogen and oxygen atoms in total. The van der Waals surface area contributed by atoms with Crippen molar-refractivity contribution >= 4 is 52.3 Å². The van der Waals surface area contributed by atoms with Crippen LogP contribution in [0, 0.1) is 20.8 Å². The molecule has 0 bridgehead atoms. The molecule has 0 radical (unpaired) electrons. The Morgan fingerprint density at radius 2 is 1.86 bits per heavy atom. The lowest BCUT2D eigenvalue weighted by Gasteiger charge is -2.21. The Kier molecular flexibility index (Phi) is 8.83. The van der Waals surface area contributed by atoms with Gasteiger partial charge in [-0.2, -0.15) is 0 Å². The number of hydrogen-bond acceptors (Lipinski definition) is 8. The molecule has 42 heavy (non-hydrogen) atoms. The third kappa shape index (κ3) is 6.29. The van der Waals surface area contributed by atoms with Crippen molar-refractivity contribution in [3.05, 3.63) is 62.5 Å². The SMILES string of the molecule is Cc1sc2c(c1C)C(c1ccc(Cl)cc1)=N[C@H](CC(=O)NCCCCC(=O)NC1CCC(=O)NC1=O)c1nnc(C)n1-2. The van der Waals surface area contributed by atoms with Crippen molar-refractivity contribution in [2.75, 3.05) is 6.54 Å². The summed E-state index contributed by atoms with van der Waals surface area (Å²) in [6, 6.07) is 6.29. The average Bonchev–Trinajstić information content (AvgIpc) is 3.42. The van der Waals surface area contributed by atoms with E-state index in [0.717, 1.165) is 33.2 Å². The molecule has 2 atom stereocenters. The van der Waals surface area contributed by atoms with Crippen molar-refractivity contribution in [3.8, 4) is 5.00 Å². The van der Waals surface area contributed by atoms with Crippen LogP contribution in [0.15, 0.2) is 29.3 Å². The number of hydrogen-bond donors (Lipinski definition) is 3. The molecule has 2 aliphatic rings. The van der Waals surface area contributed by atoms with Crippen LogP contribution in [0.3, 0.4) is 0 Å². The van der Waals surface area contributed by atoms with Gasteiger partial charge in [0.25, 0.3) is 0 Å². The number of benzene rings is 1. The van der Waals surface area contributed by atoms with E-state index in [1.807, 2.05) is 35.8 Å². The van der Waals surface area contributed by atoms with Crippen molar-refractivity contribution in [2.45, 2.75) is 71.4 Å². The highest BCUT2D eigenvalue weighted by Crippen LogP contribution is 2.39. The van der Waals surface area contributed by atoms with E-state index in [9.17, 15) is 19.2 Å².